The molecule has 0 saturated heterocycles. The Balaban J connectivity index is 1.70. The van der Waals surface area contributed by atoms with Gasteiger partial charge in [-0.1, -0.05) is 12.1 Å². The number of rotatable bonds is 4. The zero-order valence-electron chi connectivity index (χ0n) is 14.1. The molecular formula is C19H20N4O. The van der Waals surface area contributed by atoms with Crippen LogP contribution in [-0.2, 0) is 13.5 Å². The summed E-state index contributed by atoms with van der Waals surface area (Å²) in [6.45, 7) is 4.11. The van der Waals surface area contributed by atoms with Gasteiger partial charge in [-0.2, -0.15) is 5.10 Å². The SMILES string of the molecule is Cc1nn(C)c(C)c1Cc1ccc(NC(=O)c2cccnc2)cc1. The maximum absolute atomic E-state index is 12.1. The molecule has 0 radical (unpaired) electrons. The third kappa shape index (κ3) is 3.35. The summed E-state index contributed by atoms with van der Waals surface area (Å²) in [7, 11) is 1.96. The molecule has 1 aromatic carbocycles. The van der Waals surface area contributed by atoms with Gasteiger partial charge in [0.1, 0.15) is 0 Å². The average Bonchev–Trinajstić information content (AvgIpc) is 2.83. The van der Waals surface area contributed by atoms with Gasteiger partial charge in [-0.25, -0.2) is 0 Å². The number of hydrogen-bond acceptors (Lipinski definition) is 3. The van der Waals surface area contributed by atoms with Crippen LogP contribution in [0.1, 0.15) is 32.9 Å². The first-order chi connectivity index (χ1) is 11.5. The maximum atomic E-state index is 12.1. The summed E-state index contributed by atoms with van der Waals surface area (Å²) in [6.07, 6.45) is 4.04. The van der Waals surface area contributed by atoms with Gasteiger partial charge in [0.15, 0.2) is 0 Å². The second-order valence-corrected chi connectivity index (χ2v) is 5.84. The van der Waals surface area contributed by atoms with Crippen LogP contribution in [-0.4, -0.2) is 20.7 Å². The summed E-state index contributed by atoms with van der Waals surface area (Å²) in [6, 6.07) is 11.4. The van der Waals surface area contributed by atoms with Gasteiger partial charge in [0.25, 0.3) is 5.91 Å². The number of nitrogens with zero attached hydrogens (tertiary/aromatic N) is 3. The fourth-order valence-electron chi connectivity index (χ4n) is 2.68. The summed E-state index contributed by atoms with van der Waals surface area (Å²) >= 11 is 0. The zero-order valence-corrected chi connectivity index (χ0v) is 14.1. The molecule has 1 amide bonds. The van der Waals surface area contributed by atoms with Crippen molar-refractivity contribution < 1.29 is 4.79 Å². The Kier molecular flexibility index (Phi) is 4.42. The van der Waals surface area contributed by atoms with Crippen LogP contribution in [0.5, 0.6) is 0 Å². The van der Waals surface area contributed by atoms with E-state index in [0.717, 1.165) is 17.8 Å². The van der Waals surface area contributed by atoms with Crippen molar-refractivity contribution in [3.63, 3.8) is 0 Å². The zero-order chi connectivity index (χ0) is 17.1. The highest BCUT2D eigenvalue weighted by atomic mass is 16.1. The van der Waals surface area contributed by atoms with Crippen molar-refractivity contribution in [3.8, 4) is 0 Å². The predicted molar refractivity (Wildman–Crippen MR) is 94.1 cm³/mol. The topological polar surface area (TPSA) is 59.8 Å². The van der Waals surface area contributed by atoms with Crippen molar-refractivity contribution in [2.24, 2.45) is 7.05 Å². The molecule has 0 spiro atoms. The van der Waals surface area contributed by atoms with E-state index in [0.29, 0.717) is 5.56 Å². The lowest BCUT2D eigenvalue weighted by molar-refractivity contribution is 0.102. The normalized spacial score (nSPS) is 10.6. The molecular weight excluding hydrogens is 300 g/mol. The smallest absolute Gasteiger partial charge is 0.257 e. The van der Waals surface area contributed by atoms with Crippen LogP contribution in [0.2, 0.25) is 0 Å². The summed E-state index contributed by atoms with van der Waals surface area (Å²) in [5.74, 6) is -0.158. The molecule has 0 bridgehead atoms. The molecule has 0 aliphatic carbocycles. The highest BCUT2D eigenvalue weighted by Gasteiger charge is 2.10. The molecule has 0 saturated carbocycles. The fourth-order valence-corrected chi connectivity index (χ4v) is 2.68. The van der Waals surface area contributed by atoms with Crippen molar-refractivity contribution in [2.45, 2.75) is 20.3 Å². The molecule has 0 atom stereocenters. The van der Waals surface area contributed by atoms with E-state index < -0.39 is 0 Å². The first-order valence-corrected chi connectivity index (χ1v) is 7.84. The summed E-state index contributed by atoms with van der Waals surface area (Å²) in [4.78, 5) is 16.1. The quantitative estimate of drug-likeness (QED) is 0.802. The Labute approximate surface area is 141 Å². The number of aryl methyl sites for hydroxylation is 2. The third-order valence-corrected chi connectivity index (χ3v) is 4.18. The van der Waals surface area contributed by atoms with E-state index in [2.05, 4.69) is 22.3 Å². The second-order valence-electron chi connectivity index (χ2n) is 5.84. The average molecular weight is 320 g/mol. The van der Waals surface area contributed by atoms with Crippen molar-refractivity contribution in [1.82, 2.24) is 14.8 Å². The van der Waals surface area contributed by atoms with E-state index in [1.54, 1.807) is 24.5 Å². The molecule has 5 nitrogen and oxygen atoms in total. The van der Waals surface area contributed by atoms with E-state index in [9.17, 15) is 4.79 Å². The Bertz CT molecular complexity index is 851. The van der Waals surface area contributed by atoms with Crippen LogP contribution < -0.4 is 5.32 Å². The number of aromatic nitrogens is 3. The van der Waals surface area contributed by atoms with Crippen LogP contribution >= 0.6 is 0 Å². The van der Waals surface area contributed by atoms with Crippen LogP contribution in [0.25, 0.3) is 0 Å². The Morgan fingerprint density at radius 2 is 1.92 bits per heavy atom. The fraction of sp³-hybridized carbons (Fsp3) is 0.211. The second kappa shape index (κ2) is 6.66. The molecule has 24 heavy (non-hydrogen) atoms. The molecule has 5 heteroatoms. The van der Waals surface area contributed by atoms with Crippen LogP contribution in [0.3, 0.4) is 0 Å². The molecule has 3 aromatic rings. The molecule has 0 unspecified atom stereocenters. The lowest BCUT2D eigenvalue weighted by Gasteiger charge is -2.07. The Morgan fingerprint density at radius 1 is 1.17 bits per heavy atom. The largest absolute Gasteiger partial charge is 0.322 e. The maximum Gasteiger partial charge on any atom is 0.257 e. The van der Waals surface area contributed by atoms with Gasteiger partial charge in [0.2, 0.25) is 0 Å². The summed E-state index contributed by atoms with van der Waals surface area (Å²) < 4.78 is 1.91. The minimum absolute atomic E-state index is 0.158. The van der Waals surface area contributed by atoms with Crippen molar-refractivity contribution >= 4 is 11.6 Å². The number of nitrogens with one attached hydrogen (secondary N) is 1. The van der Waals surface area contributed by atoms with E-state index in [1.807, 2.05) is 42.9 Å². The summed E-state index contributed by atoms with van der Waals surface area (Å²) in [5.41, 5.74) is 6.00. The standard InChI is InChI=1S/C19H20N4O/c1-13-18(14(2)23(3)22-13)11-15-6-8-17(9-7-15)21-19(24)16-5-4-10-20-12-16/h4-10,12H,11H2,1-3H3,(H,21,24). The van der Waals surface area contributed by atoms with Crippen molar-refractivity contribution in [1.29, 1.82) is 0 Å². The molecule has 2 heterocycles. The number of carbonyl (C=O) groups is 1. The molecule has 122 valence electrons. The van der Waals surface area contributed by atoms with Crippen molar-refractivity contribution in [2.75, 3.05) is 5.32 Å². The lowest BCUT2D eigenvalue weighted by Crippen LogP contribution is -2.11. The van der Waals surface area contributed by atoms with Crippen LogP contribution in [0.15, 0.2) is 48.8 Å². The van der Waals surface area contributed by atoms with Gasteiger partial charge in [0, 0.05) is 42.8 Å². The highest BCUT2D eigenvalue weighted by molar-refractivity contribution is 6.03. The number of carbonyl (C=O) groups excluding carboxylic acids is 1. The van der Waals surface area contributed by atoms with E-state index in [-0.39, 0.29) is 5.91 Å². The number of hydrogen-bond donors (Lipinski definition) is 1. The van der Waals surface area contributed by atoms with E-state index in [1.165, 1.54) is 16.8 Å². The lowest BCUT2D eigenvalue weighted by atomic mass is 10.0. The minimum atomic E-state index is -0.158. The van der Waals surface area contributed by atoms with E-state index >= 15 is 0 Å². The van der Waals surface area contributed by atoms with Crippen LogP contribution in [0.4, 0.5) is 5.69 Å². The molecule has 0 aliphatic rings. The Morgan fingerprint density at radius 3 is 2.50 bits per heavy atom. The summed E-state index contributed by atoms with van der Waals surface area (Å²) in [5, 5.41) is 7.33. The van der Waals surface area contributed by atoms with Gasteiger partial charge in [-0.15, -0.1) is 0 Å². The van der Waals surface area contributed by atoms with Gasteiger partial charge in [-0.3, -0.25) is 14.5 Å². The van der Waals surface area contributed by atoms with Gasteiger partial charge in [-0.05, 0) is 43.7 Å². The first kappa shape index (κ1) is 15.9. The molecule has 0 fully saturated rings. The first-order valence-electron chi connectivity index (χ1n) is 7.84. The monoisotopic (exact) mass is 320 g/mol. The number of amides is 1. The number of anilines is 1. The van der Waals surface area contributed by atoms with Crippen LogP contribution in [0, 0.1) is 13.8 Å². The molecule has 0 aliphatic heterocycles. The third-order valence-electron chi connectivity index (χ3n) is 4.18. The predicted octanol–water partition coefficient (Wildman–Crippen LogP) is 3.28. The van der Waals surface area contributed by atoms with Gasteiger partial charge < -0.3 is 5.32 Å². The number of benzene rings is 1. The molecule has 2 aromatic heterocycles. The van der Waals surface area contributed by atoms with E-state index in [4.69, 9.17) is 0 Å². The highest BCUT2D eigenvalue weighted by Crippen LogP contribution is 2.19. The van der Waals surface area contributed by atoms with Gasteiger partial charge in [0.05, 0.1) is 11.3 Å². The molecule has 3 rings (SSSR count). The number of pyridine rings is 1. The minimum Gasteiger partial charge on any atom is -0.322 e. The molecule has 1 N–H and O–H groups in total. The van der Waals surface area contributed by atoms with Crippen molar-refractivity contribution in [3.05, 3.63) is 76.9 Å². The Hall–Kier alpha value is -2.95. The van der Waals surface area contributed by atoms with Gasteiger partial charge >= 0.3 is 0 Å².